The lowest BCUT2D eigenvalue weighted by Gasteiger charge is -2.22. The summed E-state index contributed by atoms with van der Waals surface area (Å²) in [6.07, 6.45) is 0. The second-order valence-corrected chi connectivity index (χ2v) is 6.26. The van der Waals surface area contributed by atoms with Crippen LogP contribution < -0.4 is 15.0 Å². The number of rotatable bonds is 7. The van der Waals surface area contributed by atoms with Crippen LogP contribution in [0.5, 0.6) is 5.75 Å². The second-order valence-electron chi connectivity index (χ2n) is 5.65. The molecule has 0 aliphatic carbocycles. The van der Waals surface area contributed by atoms with Crippen molar-refractivity contribution in [1.29, 1.82) is 0 Å². The van der Waals surface area contributed by atoms with Gasteiger partial charge in [0, 0.05) is 23.7 Å². The Morgan fingerprint density at radius 3 is 2.67 bits per heavy atom. The molecule has 0 spiro atoms. The monoisotopic (exact) mass is 382 g/mol. The molecule has 0 atom stereocenters. The minimum Gasteiger partial charge on any atom is -0.497 e. The molecule has 0 aliphatic rings. The van der Waals surface area contributed by atoms with Gasteiger partial charge in [0.2, 0.25) is 5.91 Å². The Balaban J connectivity index is 1.77. The van der Waals surface area contributed by atoms with E-state index in [2.05, 4.69) is 14.9 Å². The lowest BCUT2D eigenvalue weighted by molar-refractivity contribution is -0.119. The molecule has 2 aromatic carbocycles. The molecule has 27 heavy (non-hydrogen) atoms. The number of nitrogens with zero attached hydrogens (tertiary/aromatic N) is 3. The zero-order valence-electron chi connectivity index (χ0n) is 14.7. The van der Waals surface area contributed by atoms with Gasteiger partial charge >= 0.3 is 0 Å². The van der Waals surface area contributed by atoms with E-state index in [1.807, 2.05) is 30.3 Å². The van der Waals surface area contributed by atoms with Crippen LogP contribution in [-0.4, -0.2) is 35.1 Å². The topological polar surface area (TPSA) is 84.4 Å². The van der Waals surface area contributed by atoms with Crippen LogP contribution in [0.15, 0.2) is 60.0 Å². The SMILES string of the molecule is COc1cccc(N(CC(=O)NCc2ccccc2)C(=O)c2csnn2)c1. The zero-order chi connectivity index (χ0) is 19.1. The number of carbonyl (C=O) groups excluding carboxylic acids is 2. The molecule has 0 radical (unpaired) electrons. The number of methoxy groups -OCH3 is 1. The molecular formula is C19H18N4O3S. The van der Waals surface area contributed by atoms with Gasteiger partial charge in [-0.25, -0.2) is 0 Å². The summed E-state index contributed by atoms with van der Waals surface area (Å²) in [5.74, 6) is -0.0866. The molecule has 0 fully saturated rings. The molecule has 3 aromatic rings. The van der Waals surface area contributed by atoms with Crippen molar-refractivity contribution in [3.05, 3.63) is 71.2 Å². The molecular weight excluding hydrogens is 364 g/mol. The number of hydrogen-bond acceptors (Lipinski definition) is 6. The Bertz CT molecular complexity index is 900. The number of ether oxygens (including phenoxy) is 1. The third kappa shape index (κ3) is 4.89. The van der Waals surface area contributed by atoms with Crippen LogP contribution in [0.2, 0.25) is 0 Å². The van der Waals surface area contributed by atoms with Gasteiger partial charge in [-0.1, -0.05) is 40.9 Å². The van der Waals surface area contributed by atoms with Crippen LogP contribution in [0.3, 0.4) is 0 Å². The van der Waals surface area contributed by atoms with Gasteiger partial charge in [0.1, 0.15) is 12.3 Å². The Morgan fingerprint density at radius 2 is 1.96 bits per heavy atom. The number of nitrogens with one attached hydrogen (secondary N) is 1. The van der Waals surface area contributed by atoms with Gasteiger partial charge in [0.15, 0.2) is 5.69 Å². The van der Waals surface area contributed by atoms with Gasteiger partial charge in [-0.2, -0.15) is 0 Å². The molecule has 8 heteroatoms. The Hall–Kier alpha value is -3.26. The average molecular weight is 382 g/mol. The van der Waals surface area contributed by atoms with Crippen LogP contribution in [0.25, 0.3) is 0 Å². The molecule has 0 saturated heterocycles. The highest BCUT2D eigenvalue weighted by Gasteiger charge is 2.23. The smallest absolute Gasteiger partial charge is 0.280 e. The quantitative estimate of drug-likeness (QED) is 0.679. The molecule has 138 valence electrons. The molecule has 2 amide bonds. The first-order chi connectivity index (χ1) is 13.2. The molecule has 3 rings (SSSR count). The normalized spacial score (nSPS) is 10.3. The van der Waals surface area contributed by atoms with Crippen molar-refractivity contribution >= 4 is 29.0 Å². The first-order valence-corrected chi connectivity index (χ1v) is 9.04. The van der Waals surface area contributed by atoms with Crippen LogP contribution in [0.4, 0.5) is 5.69 Å². The summed E-state index contributed by atoms with van der Waals surface area (Å²) in [6.45, 7) is 0.244. The van der Waals surface area contributed by atoms with E-state index in [-0.39, 0.29) is 18.1 Å². The van der Waals surface area contributed by atoms with E-state index in [1.165, 1.54) is 4.90 Å². The standard InChI is InChI=1S/C19H18N4O3S/c1-26-16-9-5-8-15(10-16)23(19(25)17-13-27-22-21-17)12-18(24)20-11-14-6-3-2-4-7-14/h2-10,13H,11-12H2,1H3,(H,20,24). The molecule has 0 bridgehead atoms. The molecule has 1 aromatic heterocycles. The van der Waals surface area contributed by atoms with Crippen molar-refractivity contribution < 1.29 is 14.3 Å². The Morgan fingerprint density at radius 1 is 1.15 bits per heavy atom. The highest BCUT2D eigenvalue weighted by atomic mass is 32.1. The summed E-state index contributed by atoms with van der Waals surface area (Å²) in [5.41, 5.74) is 1.72. The largest absolute Gasteiger partial charge is 0.497 e. The van der Waals surface area contributed by atoms with E-state index in [1.54, 1.807) is 36.8 Å². The molecule has 1 heterocycles. The summed E-state index contributed by atoms with van der Waals surface area (Å²) in [7, 11) is 1.54. The van der Waals surface area contributed by atoms with Crippen LogP contribution >= 0.6 is 11.5 Å². The fraction of sp³-hybridized carbons (Fsp3) is 0.158. The van der Waals surface area contributed by atoms with E-state index in [0.717, 1.165) is 17.1 Å². The van der Waals surface area contributed by atoms with Gasteiger partial charge in [-0.15, -0.1) is 5.10 Å². The minimum absolute atomic E-state index is 0.142. The van der Waals surface area contributed by atoms with Crippen LogP contribution in [-0.2, 0) is 11.3 Å². The van der Waals surface area contributed by atoms with Crippen molar-refractivity contribution in [3.8, 4) is 5.75 Å². The Labute approximate surface area is 160 Å². The summed E-state index contributed by atoms with van der Waals surface area (Å²) in [6, 6.07) is 16.5. The third-order valence-electron chi connectivity index (χ3n) is 3.82. The highest BCUT2D eigenvalue weighted by Crippen LogP contribution is 2.22. The maximum Gasteiger partial charge on any atom is 0.280 e. The van der Waals surface area contributed by atoms with Crippen molar-refractivity contribution in [2.75, 3.05) is 18.6 Å². The van der Waals surface area contributed by atoms with E-state index in [0.29, 0.717) is 18.0 Å². The summed E-state index contributed by atoms with van der Waals surface area (Å²) in [5, 5.41) is 8.20. The number of hydrogen-bond donors (Lipinski definition) is 1. The van der Waals surface area contributed by atoms with Crippen molar-refractivity contribution in [2.45, 2.75) is 6.54 Å². The molecule has 0 saturated carbocycles. The first kappa shape index (κ1) is 18.5. The maximum absolute atomic E-state index is 12.8. The van der Waals surface area contributed by atoms with Crippen molar-refractivity contribution in [3.63, 3.8) is 0 Å². The fourth-order valence-electron chi connectivity index (χ4n) is 2.45. The molecule has 7 nitrogen and oxygen atoms in total. The molecule has 0 unspecified atom stereocenters. The van der Waals surface area contributed by atoms with Crippen LogP contribution in [0, 0.1) is 0 Å². The minimum atomic E-state index is -0.396. The predicted molar refractivity (Wildman–Crippen MR) is 103 cm³/mol. The predicted octanol–water partition coefficient (Wildman–Crippen LogP) is 2.51. The summed E-state index contributed by atoms with van der Waals surface area (Å²) >= 11 is 1.08. The van der Waals surface area contributed by atoms with Gasteiger partial charge in [0.25, 0.3) is 5.91 Å². The number of carbonyl (C=O) groups is 2. The number of amides is 2. The molecule has 0 aliphatic heterocycles. The third-order valence-corrected chi connectivity index (χ3v) is 4.33. The van der Waals surface area contributed by atoms with E-state index in [9.17, 15) is 9.59 Å². The Kier molecular flexibility index (Phi) is 6.11. The van der Waals surface area contributed by atoms with Gasteiger partial charge < -0.3 is 10.1 Å². The van der Waals surface area contributed by atoms with E-state index >= 15 is 0 Å². The molecule has 1 N–H and O–H groups in total. The zero-order valence-corrected chi connectivity index (χ0v) is 15.5. The first-order valence-electron chi connectivity index (χ1n) is 8.21. The number of anilines is 1. The van der Waals surface area contributed by atoms with Crippen molar-refractivity contribution in [1.82, 2.24) is 14.9 Å². The lowest BCUT2D eigenvalue weighted by atomic mass is 10.2. The summed E-state index contributed by atoms with van der Waals surface area (Å²) in [4.78, 5) is 26.6. The number of benzene rings is 2. The van der Waals surface area contributed by atoms with Crippen molar-refractivity contribution in [2.24, 2.45) is 0 Å². The second kappa shape index (κ2) is 8.91. The summed E-state index contributed by atoms with van der Waals surface area (Å²) < 4.78 is 8.95. The highest BCUT2D eigenvalue weighted by molar-refractivity contribution is 7.03. The fourth-order valence-corrected chi connectivity index (χ4v) is 2.88. The lowest BCUT2D eigenvalue weighted by Crippen LogP contribution is -2.41. The van der Waals surface area contributed by atoms with Crippen LogP contribution in [0.1, 0.15) is 16.1 Å². The van der Waals surface area contributed by atoms with Gasteiger partial charge in [-0.05, 0) is 29.2 Å². The maximum atomic E-state index is 12.8. The van der Waals surface area contributed by atoms with Gasteiger partial charge in [0.05, 0.1) is 7.11 Å². The van der Waals surface area contributed by atoms with Gasteiger partial charge in [-0.3, -0.25) is 14.5 Å². The average Bonchev–Trinajstić information content (AvgIpc) is 3.26. The number of aromatic nitrogens is 2. The van der Waals surface area contributed by atoms with E-state index < -0.39 is 5.91 Å². The van der Waals surface area contributed by atoms with E-state index in [4.69, 9.17) is 4.74 Å².